The molecule has 1 unspecified atom stereocenters. The first-order valence-corrected chi connectivity index (χ1v) is 6.20. The summed E-state index contributed by atoms with van der Waals surface area (Å²) >= 11 is 0. The average molecular weight is 227 g/mol. The van der Waals surface area contributed by atoms with E-state index in [0.717, 1.165) is 12.8 Å². The molecule has 1 atom stereocenters. The lowest BCUT2D eigenvalue weighted by atomic mass is 10.1. The Bertz CT molecular complexity index is 212. The zero-order chi connectivity index (χ0) is 12.4. The molecule has 0 aromatic rings. The van der Waals surface area contributed by atoms with Gasteiger partial charge in [0, 0.05) is 0 Å². The van der Waals surface area contributed by atoms with Crippen molar-refractivity contribution < 1.29 is 9.53 Å². The van der Waals surface area contributed by atoms with Crippen molar-refractivity contribution in [3.8, 4) is 0 Å². The lowest BCUT2D eigenvalue weighted by molar-refractivity contribution is -0.147. The molecule has 0 aromatic heterocycles. The topological polar surface area (TPSA) is 52.3 Å². The molecule has 0 saturated carbocycles. The fraction of sp³-hybridized carbons (Fsp3) is 0.769. The third-order valence-electron chi connectivity index (χ3n) is 2.19. The molecule has 94 valence electrons. The van der Waals surface area contributed by atoms with Gasteiger partial charge in [-0.25, -0.2) is 0 Å². The Morgan fingerprint density at radius 3 is 2.56 bits per heavy atom. The highest BCUT2D eigenvalue weighted by atomic mass is 16.5. The molecule has 0 aliphatic rings. The normalized spacial score (nSPS) is 13.3. The van der Waals surface area contributed by atoms with Crippen LogP contribution < -0.4 is 5.73 Å². The van der Waals surface area contributed by atoms with Gasteiger partial charge in [-0.3, -0.25) is 4.79 Å². The van der Waals surface area contributed by atoms with Crippen LogP contribution in [0.25, 0.3) is 0 Å². The van der Waals surface area contributed by atoms with E-state index >= 15 is 0 Å². The Balaban J connectivity index is 3.64. The fourth-order valence-corrected chi connectivity index (χ4v) is 1.32. The van der Waals surface area contributed by atoms with E-state index < -0.39 is 6.04 Å². The van der Waals surface area contributed by atoms with E-state index in [4.69, 9.17) is 10.5 Å². The molecule has 2 N–H and O–H groups in total. The molecule has 3 heteroatoms. The van der Waals surface area contributed by atoms with E-state index in [1.54, 1.807) is 6.08 Å². The zero-order valence-electron chi connectivity index (χ0n) is 10.7. The molecule has 0 radical (unpaired) electrons. The smallest absolute Gasteiger partial charge is 0.327 e. The second-order valence-corrected chi connectivity index (χ2v) is 4.29. The predicted molar refractivity (Wildman–Crippen MR) is 67.1 cm³/mol. The quantitative estimate of drug-likeness (QED) is 0.394. The molecular weight excluding hydrogens is 202 g/mol. The number of rotatable bonds is 8. The zero-order valence-corrected chi connectivity index (χ0v) is 10.7. The second kappa shape index (κ2) is 9.40. The first-order valence-electron chi connectivity index (χ1n) is 6.20. The number of hydrogen-bond acceptors (Lipinski definition) is 3. The molecule has 0 aromatic carbocycles. The maximum absolute atomic E-state index is 11.3. The summed E-state index contributed by atoms with van der Waals surface area (Å²) in [5.74, 6) is -0.347. The van der Waals surface area contributed by atoms with Crippen molar-refractivity contribution in [1.82, 2.24) is 0 Å². The highest BCUT2D eigenvalue weighted by Gasteiger charge is 2.12. The van der Waals surface area contributed by atoms with Crippen LogP contribution in [0.3, 0.4) is 0 Å². The lowest BCUT2D eigenvalue weighted by Gasteiger charge is -2.10. The predicted octanol–water partition coefficient (Wildman–Crippen LogP) is 2.79. The highest BCUT2D eigenvalue weighted by Crippen LogP contribution is 2.03. The molecule has 0 saturated heterocycles. The highest BCUT2D eigenvalue weighted by molar-refractivity contribution is 5.77. The summed E-state index contributed by atoms with van der Waals surface area (Å²) in [5, 5.41) is 0. The third kappa shape index (κ3) is 8.48. The monoisotopic (exact) mass is 227 g/mol. The number of ether oxygens (including phenoxy) is 1. The number of unbranched alkanes of at least 4 members (excludes halogenated alkanes) is 4. The van der Waals surface area contributed by atoms with E-state index in [0.29, 0.717) is 0 Å². The van der Waals surface area contributed by atoms with Crippen LogP contribution >= 0.6 is 0 Å². The SMILES string of the molecule is CCCCCC/C=C/C(N)C(=O)OC(C)C. The summed E-state index contributed by atoms with van der Waals surface area (Å²) in [6, 6.07) is -0.617. The van der Waals surface area contributed by atoms with Crippen LogP contribution in [0.1, 0.15) is 52.9 Å². The largest absolute Gasteiger partial charge is 0.462 e. The molecule has 0 bridgehead atoms. The van der Waals surface area contributed by atoms with Gasteiger partial charge in [0.1, 0.15) is 6.04 Å². The molecule has 0 rings (SSSR count). The van der Waals surface area contributed by atoms with Crippen LogP contribution in [-0.4, -0.2) is 18.1 Å². The summed E-state index contributed by atoms with van der Waals surface area (Å²) in [6.45, 7) is 5.83. The molecule has 16 heavy (non-hydrogen) atoms. The van der Waals surface area contributed by atoms with Gasteiger partial charge in [0.15, 0.2) is 0 Å². The van der Waals surface area contributed by atoms with Crippen LogP contribution in [0, 0.1) is 0 Å². The van der Waals surface area contributed by atoms with Gasteiger partial charge in [0.2, 0.25) is 0 Å². The standard InChI is InChI=1S/C13H25NO2/c1-4-5-6-7-8-9-10-12(14)13(15)16-11(2)3/h9-12H,4-8,14H2,1-3H3/b10-9+. The molecule has 0 spiro atoms. The van der Waals surface area contributed by atoms with E-state index in [9.17, 15) is 4.79 Å². The fourth-order valence-electron chi connectivity index (χ4n) is 1.32. The molecule has 0 aliphatic heterocycles. The van der Waals surface area contributed by atoms with Crippen LogP contribution in [0.4, 0.5) is 0 Å². The van der Waals surface area contributed by atoms with Gasteiger partial charge in [-0.05, 0) is 26.7 Å². The van der Waals surface area contributed by atoms with E-state index in [1.165, 1.54) is 19.3 Å². The van der Waals surface area contributed by atoms with Crippen LogP contribution in [0.2, 0.25) is 0 Å². The minimum Gasteiger partial charge on any atom is -0.462 e. The Kier molecular flexibility index (Phi) is 8.91. The summed E-state index contributed by atoms with van der Waals surface area (Å²) in [5.41, 5.74) is 5.65. The van der Waals surface area contributed by atoms with Crippen LogP contribution in [-0.2, 0) is 9.53 Å². The number of carbonyl (C=O) groups excluding carboxylic acids is 1. The summed E-state index contributed by atoms with van der Waals surface area (Å²) in [4.78, 5) is 11.3. The first kappa shape index (κ1) is 15.2. The number of carbonyl (C=O) groups is 1. The first-order chi connectivity index (χ1) is 7.57. The van der Waals surface area contributed by atoms with Crippen molar-refractivity contribution in [2.45, 2.75) is 65.0 Å². The number of allylic oxidation sites excluding steroid dienone is 1. The van der Waals surface area contributed by atoms with Gasteiger partial charge in [-0.15, -0.1) is 0 Å². The summed E-state index contributed by atoms with van der Waals surface area (Å²) in [6.07, 6.45) is 9.51. The van der Waals surface area contributed by atoms with E-state index in [-0.39, 0.29) is 12.1 Å². The molecule has 0 fully saturated rings. The number of nitrogens with two attached hydrogens (primary N) is 1. The minimum atomic E-state index is -0.617. The van der Waals surface area contributed by atoms with Gasteiger partial charge < -0.3 is 10.5 Å². The molecule has 0 amide bonds. The number of esters is 1. The molecule has 0 aliphatic carbocycles. The number of hydrogen-bond donors (Lipinski definition) is 1. The van der Waals surface area contributed by atoms with Crippen LogP contribution in [0.15, 0.2) is 12.2 Å². The van der Waals surface area contributed by atoms with Gasteiger partial charge >= 0.3 is 5.97 Å². The van der Waals surface area contributed by atoms with Crippen LogP contribution in [0.5, 0.6) is 0 Å². The minimum absolute atomic E-state index is 0.100. The maximum Gasteiger partial charge on any atom is 0.327 e. The van der Waals surface area contributed by atoms with E-state index in [2.05, 4.69) is 6.92 Å². The maximum atomic E-state index is 11.3. The molecule has 3 nitrogen and oxygen atoms in total. The van der Waals surface area contributed by atoms with Crippen molar-refractivity contribution in [3.63, 3.8) is 0 Å². The van der Waals surface area contributed by atoms with Crippen molar-refractivity contribution in [3.05, 3.63) is 12.2 Å². The van der Waals surface area contributed by atoms with Crippen molar-refractivity contribution >= 4 is 5.97 Å². The molecule has 0 heterocycles. The Hall–Kier alpha value is -0.830. The van der Waals surface area contributed by atoms with Gasteiger partial charge in [-0.2, -0.15) is 0 Å². The van der Waals surface area contributed by atoms with E-state index in [1.807, 2.05) is 19.9 Å². The van der Waals surface area contributed by atoms with Gasteiger partial charge in [-0.1, -0.05) is 38.3 Å². The molecular formula is C13H25NO2. The summed E-state index contributed by atoms with van der Waals surface area (Å²) < 4.78 is 4.99. The van der Waals surface area contributed by atoms with Crippen molar-refractivity contribution in [1.29, 1.82) is 0 Å². The summed E-state index contributed by atoms with van der Waals surface area (Å²) in [7, 11) is 0. The Morgan fingerprint density at radius 2 is 2.00 bits per heavy atom. The van der Waals surface area contributed by atoms with Crippen molar-refractivity contribution in [2.24, 2.45) is 5.73 Å². The Morgan fingerprint density at radius 1 is 1.31 bits per heavy atom. The Labute approximate surface area is 99.0 Å². The second-order valence-electron chi connectivity index (χ2n) is 4.29. The lowest BCUT2D eigenvalue weighted by Crippen LogP contribution is -2.31. The average Bonchev–Trinajstić information content (AvgIpc) is 2.21. The van der Waals surface area contributed by atoms with Gasteiger partial charge in [0.25, 0.3) is 0 Å². The van der Waals surface area contributed by atoms with Crippen molar-refractivity contribution in [2.75, 3.05) is 0 Å². The van der Waals surface area contributed by atoms with Gasteiger partial charge in [0.05, 0.1) is 6.10 Å². The third-order valence-corrected chi connectivity index (χ3v) is 2.19.